The maximum atomic E-state index is 12.0. The van der Waals surface area contributed by atoms with Crippen molar-refractivity contribution in [3.05, 3.63) is 0 Å². The minimum Gasteiger partial charge on any atom is -0.343 e. The summed E-state index contributed by atoms with van der Waals surface area (Å²) < 4.78 is 0. The van der Waals surface area contributed by atoms with Gasteiger partial charge in [0.15, 0.2) is 0 Å². The first-order chi connectivity index (χ1) is 7.08. The zero-order valence-corrected chi connectivity index (χ0v) is 9.32. The molecule has 1 aliphatic heterocycles. The fraction of sp³-hybridized carbons (Fsp3) is 0.818. The Bertz CT molecular complexity index is 284. The van der Waals surface area contributed by atoms with Crippen molar-refractivity contribution >= 4 is 11.8 Å². The van der Waals surface area contributed by atoms with E-state index >= 15 is 0 Å². The quantitative estimate of drug-likeness (QED) is 0.732. The summed E-state index contributed by atoms with van der Waals surface area (Å²) in [6.07, 6.45) is 2.41. The number of rotatable bonds is 3. The highest BCUT2D eigenvalue weighted by Crippen LogP contribution is 2.30. The smallest absolute Gasteiger partial charge is 0.245 e. The summed E-state index contributed by atoms with van der Waals surface area (Å²) in [7, 11) is 0. The van der Waals surface area contributed by atoms with Gasteiger partial charge in [-0.25, -0.2) is 0 Å². The van der Waals surface area contributed by atoms with Crippen LogP contribution in [0.4, 0.5) is 0 Å². The molecule has 0 aromatic rings. The van der Waals surface area contributed by atoms with E-state index in [2.05, 4.69) is 5.32 Å². The van der Waals surface area contributed by atoms with E-state index in [0.717, 1.165) is 6.54 Å². The van der Waals surface area contributed by atoms with Crippen LogP contribution in [0.5, 0.6) is 0 Å². The standard InChI is InChI=1S/C11H18N2O2/c1-7(2)10-11(15)13(5-8-3-4-8)6-9(14)12-10/h7-8,10H,3-6H2,1-2H3,(H,12,14). The lowest BCUT2D eigenvalue weighted by molar-refractivity contribution is -0.145. The van der Waals surface area contributed by atoms with Crippen LogP contribution in [0.25, 0.3) is 0 Å². The Morgan fingerprint density at radius 1 is 1.40 bits per heavy atom. The summed E-state index contributed by atoms with van der Waals surface area (Å²) in [5.74, 6) is 0.890. The zero-order chi connectivity index (χ0) is 11.0. The normalized spacial score (nSPS) is 27.1. The highest BCUT2D eigenvalue weighted by atomic mass is 16.2. The van der Waals surface area contributed by atoms with Crippen LogP contribution in [0, 0.1) is 11.8 Å². The third-order valence-electron chi connectivity index (χ3n) is 3.07. The van der Waals surface area contributed by atoms with Crippen LogP contribution in [0.15, 0.2) is 0 Å². The number of hydrogen-bond acceptors (Lipinski definition) is 2. The van der Waals surface area contributed by atoms with Crippen LogP contribution in [0.2, 0.25) is 0 Å². The average molecular weight is 210 g/mol. The first-order valence-electron chi connectivity index (χ1n) is 5.66. The van der Waals surface area contributed by atoms with Gasteiger partial charge in [0, 0.05) is 6.54 Å². The van der Waals surface area contributed by atoms with E-state index in [0.29, 0.717) is 5.92 Å². The van der Waals surface area contributed by atoms with E-state index in [-0.39, 0.29) is 30.3 Å². The summed E-state index contributed by atoms with van der Waals surface area (Å²) >= 11 is 0. The second-order valence-corrected chi connectivity index (χ2v) is 4.95. The number of nitrogens with zero attached hydrogens (tertiary/aromatic N) is 1. The van der Waals surface area contributed by atoms with Crippen molar-refractivity contribution < 1.29 is 9.59 Å². The van der Waals surface area contributed by atoms with Crippen molar-refractivity contribution in [3.8, 4) is 0 Å². The Balaban J connectivity index is 2.02. The Kier molecular flexibility index (Phi) is 2.67. The van der Waals surface area contributed by atoms with Crippen molar-refractivity contribution in [2.45, 2.75) is 32.7 Å². The molecule has 1 saturated heterocycles. The largest absolute Gasteiger partial charge is 0.343 e. The molecule has 1 unspecified atom stereocenters. The molecule has 4 heteroatoms. The number of piperazine rings is 1. The van der Waals surface area contributed by atoms with E-state index in [1.54, 1.807) is 4.90 Å². The molecule has 0 aromatic heterocycles. The number of carbonyl (C=O) groups excluding carboxylic acids is 2. The molecule has 1 heterocycles. The van der Waals surface area contributed by atoms with Gasteiger partial charge in [0.1, 0.15) is 6.04 Å². The van der Waals surface area contributed by atoms with Crippen LogP contribution in [0.3, 0.4) is 0 Å². The molecule has 0 bridgehead atoms. The molecule has 15 heavy (non-hydrogen) atoms. The van der Waals surface area contributed by atoms with E-state index in [9.17, 15) is 9.59 Å². The third-order valence-corrected chi connectivity index (χ3v) is 3.07. The molecule has 1 aliphatic carbocycles. The lowest BCUT2D eigenvalue weighted by atomic mass is 10.0. The van der Waals surface area contributed by atoms with Crippen molar-refractivity contribution in [2.75, 3.05) is 13.1 Å². The molecule has 0 aromatic carbocycles. The van der Waals surface area contributed by atoms with E-state index in [1.807, 2.05) is 13.8 Å². The maximum Gasteiger partial charge on any atom is 0.245 e. The number of carbonyl (C=O) groups is 2. The molecule has 84 valence electrons. The van der Waals surface area contributed by atoms with Crippen LogP contribution in [0.1, 0.15) is 26.7 Å². The topological polar surface area (TPSA) is 49.4 Å². The van der Waals surface area contributed by atoms with Gasteiger partial charge < -0.3 is 10.2 Å². The van der Waals surface area contributed by atoms with Gasteiger partial charge in [-0.15, -0.1) is 0 Å². The van der Waals surface area contributed by atoms with Gasteiger partial charge in [0.2, 0.25) is 11.8 Å². The number of nitrogens with one attached hydrogen (secondary N) is 1. The van der Waals surface area contributed by atoms with Crippen molar-refractivity contribution in [2.24, 2.45) is 11.8 Å². The lowest BCUT2D eigenvalue weighted by Crippen LogP contribution is -2.60. The molecular weight excluding hydrogens is 192 g/mol. The predicted molar refractivity (Wildman–Crippen MR) is 56.1 cm³/mol. The SMILES string of the molecule is CC(C)C1NC(=O)CN(CC2CC2)C1=O. The number of hydrogen-bond donors (Lipinski definition) is 1. The maximum absolute atomic E-state index is 12.0. The van der Waals surface area contributed by atoms with E-state index < -0.39 is 0 Å². The second-order valence-electron chi connectivity index (χ2n) is 4.95. The lowest BCUT2D eigenvalue weighted by Gasteiger charge is -2.34. The Morgan fingerprint density at radius 2 is 2.07 bits per heavy atom. The highest BCUT2D eigenvalue weighted by Gasteiger charge is 2.36. The average Bonchev–Trinajstić information content (AvgIpc) is 2.94. The van der Waals surface area contributed by atoms with Crippen LogP contribution in [-0.2, 0) is 9.59 Å². The summed E-state index contributed by atoms with van der Waals surface area (Å²) in [6, 6.07) is -0.315. The molecule has 2 amide bonds. The fourth-order valence-corrected chi connectivity index (χ4v) is 1.95. The molecule has 1 N–H and O–H groups in total. The molecule has 1 saturated carbocycles. The van der Waals surface area contributed by atoms with E-state index in [1.165, 1.54) is 12.8 Å². The van der Waals surface area contributed by atoms with Crippen molar-refractivity contribution in [1.82, 2.24) is 10.2 Å². The van der Waals surface area contributed by atoms with Crippen LogP contribution >= 0.6 is 0 Å². The van der Waals surface area contributed by atoms with Gasteiger partial charge in [-0.2, -0.15) is 0 Å². The fourth-order valence-electron chi connectivity index (χ4n) is 1.95. The first-order valence-corrected chi connectivity index (χ1v) is 5.66. The molecule has 4 nitrogen and oxygen atoms in total. The number of amides is 2. The van der Waals surface area contributed by atoms with Crippen molar-refractivity contribution in [1.29, 1.82) is 0 Å². The zero-order valence-electron chi connectivity index (χ0n) is 9.32. The highest BCUT2D eigenvalue weighted by molar-refractivity contribution is 5.95. The van der Waals surface area contributed by atoms with Crippen LogP contribution in [-0.4, -0.2) is 35.8 Å². The van der Waals surface area contributed by atoms with Gasteiger partial charge in [-0.1, -0.05) is 13.8 Å². The molecule has 1 atom stereocenters. The predicted octanol–water partition coefficient (Wildman–Crippen LogP) is 0.379. The van der Waals surface area contributed by atoms with Gasteiger partial charge in [0.25, 0.3) is 0 Å². The summed E-state index contributed by atoms with van der Waals surface area (Å²) in [5, 5.41) is 2.76. The second kappa shape index (κ2) is 3.83. The summed E-state index contributed by atoms with van der Waals surface area (Å²) in [6.45, 7) is 4.95. The first kappa shape index (κ1) is 10.5. The minimum atomic E-state index is -0.315. The molecule has 0 spiro atoms. The van der Waals surface area contributed by atoms with Gasteiger partial charge >= 0.3 is 0 Å². The summed E-state index contributed by atoms with van der Waals surface area (Å²) in [4.78, 5) is 25.1. The third kappa shape index (κ3) is 2.30. The van der Waals surface area contributed by atoms with Gasteiger partial charge in [-0.3, -0.25) is 9.59 Å². The Labute approximate surface area is 90.0 Å². The van der Waals surface area contributed by atoms with Crippen molar-refractivity contribution in [3.63, 3.8) is 0 Å². The summed E-state index contributed by atoms with van der Waals surface area (Å²) in [5.41, 5.74) is 0. The van der Waals surface area contributed by atoms with E-state index in [4.69, 9.17) is 0 Å². The Hall–Kier alpha value is -1.06. The molecule has 2 aliphatic rings. The van der Waals surface area contributed by atoms with Crippen LogP contribution < -0.4 is 5.32 Å². The minimum absolute atomic E-state index is 0.0195. The molecule has 0 radical (unpaired) electrons. The Morgan fingerprint density at radius 3 is 2.60 bits per heavy atom. The molecule has 2 fully saturated rings. The van der Waals surface area contributed by atoms with Gasteiger partial charge in [0.05, 0.1) is 6.54 Å². The molecule has 2 rings (SSSR count). The molecular formula is C11H18N2O2. The monoisotopic (exact) mass is 210 g/mol. The van der Waals surface area contributed by atoms with Gasteiger partial charge in [-0.05, 0) is 24.7 Å².